The molecule has 4 nitrogen and oxygen atoms in total. The molecule has 1 fully saturated rings. The third-order valence-corrected chi connectivity index (χ3v) is 3.77. The highest BCUT2D eigenvalue weighted by Crippen LogP contribution is 2.33. The van der Waals surface area contributed by atoms with E-state index in [1.807, 2.05) is 0 Å². The van der Waals surface area contributed by atoms with Crippen LogP contribution in [0.25, 0.3) is 0 Å². The molecule has 1 aliphatic rings. The van der Waals surface area contributed by atoms with Gasteiger partial charge in [0.25, 0.3) is 0 Å². The molecular weight excluding hydrogens is 261 g/mol. The summed E-state index contributed by atoms with van der Waals surface area (Å²) >= 11 is 11.7. The van der Waals surface area contributed by atoms with Crippen LogP contribution in [0.3, 0.4) is 0 Å². The summed E-state index contributed by atoms with van der Waals surface area (Å²) in [7, 11) is 0. The maximum absolute atomic E-state index is 12.0. The largest absolute Gasteiger partial charge is 0.321 e. The topological polar surface area (TPSA) is 54.9 Å². The van der Waals surface area contributed by atoms with Crippen molar-refractivity contribution >= 4 is 34.8 Å². The number of aromatic nitrogens is 2. The summed E-state index contributed by atoms with van der Waals surface area (Å²) in [5.74, 6) is 0.383. The number of hydrogen-bond donors (Lipinski definition) is 1. The zero-order valence-electron chi connectivity index (χ0n) is 9.41. The van der Waals surface area contributed by atoms with Gasteiger partial charge in [-0.15, -0.1) is 0 Å². The lowest BCUT2D eigenvalue weighted by atomic mass is 9.97. The normalized spacial score (nSPS) is 23.7. The van der Waals surface area contributed by atoms with Crippen LogP contribution in [0.2, 0.25) is 10.3 Å². The zero-order valence-corrected chi connectivity index (χ0v) is 10.9. The van der Waals surface area contributed by atoms with Crippen LogP contribution >= 0.6 is 23.2 Å². The first-order valence-corrected chi connectivity index (χ1v) is 6.32. The van der Waals surface area contributed by atoms with Crippen LogP contribution in [0.1, 0.15) is 26.2 Å². The monoisotopic (exact) mass is 273 g/mol. The second-order valence-corrected chi connectivity index (χ2v) is 5.05. The lowest BCUT2D eigenvalue weighted by molar-refractivity contribution is -0.120. The zero-order chi connectivity index (χ0) is 12.4. The Hall–Kier alpha value is -0.870. The van der Waals surface area contributed by atoms with Crippen molar-refractivity contribution in [2.75, 3.05) is 5.32 Å². The number of nitrogens with one attached hydrogen (secondary N) is 1. The number of amides is 1. The molecule has 2 atom stereocenters. The predicted molar refractivity (Wildman–Crippen MR) is 67.2 cm³/mol. The smallest absolute Gasteiger partial charge is 0.227 e. The van der Waals surface area contributed by atoms with Gasteiger partial charge in [-0.1, -0.05) is 36.5 Å². The molecule has 1 N–H and O–H groups in total. The van der Waals surface area contributed by atoms with Crippen molar-refractivity contribution in [3.63, 3.8) is 0 Å². The first kappa shape index (κ1) is 12.6. The van der Waals surface area contributed by atoms with E-state index < -0.39 is 0 Å². The fourth-order valence-corrected chi connectivity index (χ4v) is 2.61. The van der Waals surface area contributed by atoms with E-state index in [-0.39, 0.29) is 22.1 Å². The Morgan fingerprint density at radius 1 is 1.35 bits per heavy atom. The summed E-state index contributed by atoms with van der Waals surface area (Å²) in [5, 5.41) is 3.06. The number of carbonyl (C=O) groups is 1. The number of rotatable bonds is 2. The molecule has 1 aromatic rings. The minimum Gasteiger partial charge on any atom is -0.321 e. The summed E-state index contributed by atoms with van der Waals surface area (Å²) < 4.78 is 0. The van der Waals surface area contributed by atoms with E-state index in [4.69, 9.17) is 23.2 Å². The van der Waals surface area contributed by atoms with Crippen molar-refractivity contribution in [1.29, 1.82) is 0 Å². The van der Waals surface area contributed by atoms with Gasteiger partial charge in [0, 0.05) is 5.92 Å². The minimum atomic E-state index is -0.0476. The van der Waals surface area contributed by atoms with Crippen LogP contribution in [-0.2, 0) is 4.79 Å². The van der Waals surface area contributed by atoms with Gasteiger partial charge in [0.1, 0.15) is 12.0 Å². The van der Waals surface area contributed by atoms with Gasteiger partial charge in [0.15, 0.2) is 10.3 Å². The molecule has 0 aromatic carbocycles. The molecule has 2 unspecified atom stereocenters. The van der Waals surface area contributed by atoms with Crippen LogP contribution in [0, 0.1) is 11.8 Å². The highest BCUT2D eigenvalue weighted by atomic mass is 35.5. The van der Waals surface area contributed by atoms with Gasteiger partial charge in [-0.2, -0.15) is 0 Å². The molecule has 1 amide bonds. The predicted octanol–water partition coefficient (Wildman–Crippen LogP) is 3.16. The number of anilines is 1. The van der Waals surface area contributed by atoms with E-state index >= 15 is 0 Å². The number of carbonyl (C=O) groups excluding carboxylic acids is 1. The van der Waals surface area contributed by atoms with Gasteiger partial charge in [-0.3, -0.25) is 4.79 Å². The Morgan fingerprint density at radius 2 is 2.00 bits per heavy atom. The molecule has 6 heteroatoms. The first-order chi connectivity index (χ1) is 8.09. The Kier molecular flexibility index (Phi) is 3.84. The quantitative estimate of drug-likeness (QED) is 0.843. The standard InChI is InChI=1S/C11H13Cl2N3O/c1-6-3-2-4-7(6)11(17)16-8-9(12)14-5-15-10(8)13/h5-7H,2-4H2,1H3,(H,16,17). The molecule has 92 valence electrons. The van der Waals surface area contributed by atoms with Crippen LogP contribution in [-0.4, -0.2) is 15.9 Å². The van der Waals surface area contributed by atoms with Crippen molar-refractivity contribution in [3.05, 3.63) is 16.6 Å². The molecule has 0 bridgehead atoms. The molecule has 0 saturated heterocycles. The van der Waals surface area contributed by atoms with Gasteiger partial charge >= 0.3 is 0 Å². The average molecular weight is 274 g/mol. The van der Waals surface area contributed by atoms with E-state index in [0.717, 1.165) is 19.3 Å². The lowest BCUT2D eigenvalue weighted by Crippen LogP contribution is -2.25. The molecule has 1 aliphatic carbocycles. The summed E-state index contributed by atoms with van der Waals surface area (Å²) in [4.78, 5) is 19.6. The Balaban J connectivity index is 2.13. The summed E-state index contributed by atoms with van der Waals surface area (Å²) in [5.41, 5.74) is 0.305. The second-order valence-electron chi connectivity index (χ2n) is 4.33. The number of hydrogen-bond acceptors (Lipinski definition) is 3. The van der Waals surface area contributed by atoms with E-state index in [1.165, 1.54) is 6.33 Å². The minimum absolute atomic E-state index is 0.0299. The van der Waals surface area contributed by atoms with Crippen LogP contribution in [0.15, 0.2) is 6.33 Å². The van der Waals surface area contributed by atoms with Crippen molar-refractivity contribution < 1.29 is 4.79 Å². The molecule has 1 heterocycles. The van der Waals surface area contributed by atoms with E-state index in [0.29, 0.717) is 11.6 Å². The van der Waals surface area contributed by atoms with Gasteiger partial charge in [-0.05, 0) is 18.8 Å². The Bertz CT molecular complexity index is 418. The highest BCUT2D eigenvalue weighted by Gasteiger charge is 2.30. The molecule has 17 heavy (non-hydrogen) atoms. The average Bonchev–Trinajstić information content (AvgIpc) is 2.70. The van der Waals surface area contributed by atoms with Gasteiger partial charge < -0.3 is 5.32 Å². The van der Waals surface area contributed by atoms with Gasteiger partial charge in [-0.25, -0.2) is 9.97 Å². The van der Waals surface area contributed by atoms with Crippen LogP contribution < -0.4 is 5.32 Å². The highest BCUT2D eigenvalue weighted by molar-refractivity contribution is 6.38. The molecule has 1 aromatic heterocycles. The second kappa shape index (κ2) is 5.19. The van der Waals surface area contributed by atoms with Crippen molar-refractivity contribution in [3.8, 4) is 0 Å². The van der Waals surface area contributed by atoms with E-state index in [1.54, 1.807) is 0 Å². The third-order valence-electron chi connectivity index (χ3n) is 3.20. The lowest BCUT2D eigenvalue weighted by Gasteiger charge is -2.15. The molecule has 1 saturated carbocycles. The molecular formula is C11H13Cl2N3O. The molecule has 2 rings (SSSR count). The summed E-state index contributed by atoms with van der Waals surface area (Å²) in [6, 6.07) is 0. The number of halogens is 2. The maximum Gasteiger partial charge on any atom is 0.227 e. The number of nitrogens with zero attached hydrogens (tertiary/aromatic N) is 2. The van der Waals surface area contributed by atoms with Gasteiger partial charge in [0.05, 0.1) is 0 Å². The molecule has 0 spiro atoms. The third kappa shape index (κ3) is 2.69. The maximum atomic E-state index is 12.0. The van der Waals surface area contributed by atoms with Crippen LogP contribution in [0.4, 0.5) is 5.69 Å². The SMILES string of the molecule is CC1CCCC1C(=O)Nc1c(Cl)ncnc1Cl. The molecule has 0 aliphatic heterocycles. The Labute approximate surface area is 110 Å². The van der Waals surface area contributed by atoms with E-state index in [9.17, 15) is 4.79 Å². The fourth-order valence-electron chi connectivity index (χ4n) is 2.20. The van der Waals surface area contributed by atoms with Gasteiger partial charge in [0.2, 0.25) is 5.91 Å². The molecule has 0 radical (unpaired) electrons. The Morgan fingerprint density at radius 3 is 2.53 bits per heavy atom. The summed E-state index contributed by atoms with van der Waals surface area (Å²) in [6.45, 7) is 2.09. The summed E-state index contributed by atoms with van der Waals surface area (Å²) in [6.07, 6.45) is 4.35. The van der Waals surface area contributed by atoms with E-state index in [2.05, 4.69) is 22.2 Å². The first-order valence-electron chi connectivity index (χ1n) is 5.56. The fraction of sp³-hybridized carbons (Fsp3) is 0.545. The van der Waals surface area contributed by atoms with Crippen LogP contribution in [0.5, 0.6) is 0 Å². The van der Waals surface area contributed by atoms with Crippen molar-refractivity contribution in [2.45, 2.75) is 26.2 Å². The van der Waals surface area contributed by atoms with Crippen molar-refractivity contribution in [2.24, 2.45) is 11.8 Å². The van der Waals surface area contributed by atoms with Crippen molar-refractivity contribution in [1.82, 2.24) is 9.97 Å².